The minimum Gasteiger partial charge on any atom is -0.325 e. The van der Waals surface area contributed by atoms with Gasteiger partial charge in [0.1, 0.15) is 0 Å². The summed E-state index contributed by atoms with van der Waals surface area (Å²) in [5.41, 5.74) is 0. The van der Waals surface area contributed by atoms with Gasteiger partial charge in [0, 0.05) is 12.4 Å². The molecule has 1 heterocycles. The number of hydrogen-bond acceptors (Lipinski definition) is 3. The lowest BCUT2D eigenvalue weighted by atomic mass is 10.7. The van der Waals surface area contributed by atoms with Crippen molar-refractivity contribution in [1.29, 1.82) is 0 Å². The van der Waals surface area contributed by atoms with Gasteiger partial charge in [0.2, 0.25) is 0 Å². The summed E-state index contributed by atoms with van der Waals surface area (Å²) in [7, 11) is 0. The van der Waals surface area contributed by atoms with Gasteiger partial charge in [0.15, 0.2) is 0 Å². The van der Waals surface area contributed by atoms with Crippen molar-refractivity contribution in [2.24, 2.45) is 0 Å². The predicted octanol–water partition coefficient (Wildman–Crippen LogP) is 0.610. The van der Waals surface area contributed by atoms with Crippen molar-refractivity contribution in [2.45, 2.75) is 0 Å². The van der Waals surface area contributed by atoms with Crippen LogP contribution in [0, 0.1) is 0 Å². The first kappa shape index (κ1) is 7.96. The van der Waals surface area contributed by atoms with Crippen molar-refractivity contribution >= 4 is 17.5 Å². The highest BCUT2D eigenvalue weighted by atomic mass is 32.2. The van der Waals surface area contributed by atoms with E-state index in [-0.39, 0.29) is 0 Å². The zero-order chi connectivity index (χ0) is 8.27. The third-order valence-electron chi connectivity index (χ3n) is 0.958. The first-order valence-electron chi connectivity index (χ1n) is 2.66. The van der Waals surface area contributed by atoms with Gasteiger partial charge in [-0.2, -0.15) is 4.21 Å². The zero-order valence-corrected chi connectivity index (χ0v) is 6.15. The Hall–Kier alpha value is -1.14. The topological polar surface area (TPSA) is 68.5 Å². The fourth-order valence-corrected chi connectivity index (χ4v) is 0.768. The Morgan fingerprint density at radius 1 is 1.45 bits per heavy atom. The number of carbonyl (C=O) groups excluding carboxylic acids is 1. The number of hydrogen-bond donors (Lipinski definition) is 1. The molecule has 0 bridgehead atoms. The predicted molar refractivity (Wildman–Crippen MR) is 37.1 cm³/mol. The van der Waals surface area contributed by atoms with Crippen LogP contribution in [-0.4, -0.2) is 19.4 Å². The van der Waals surface area contributed by atoms with Gasteiger partial charge < -0.3 is 4.18 Å². The van der Waals surface area contributed by atoms with Gasteiger partial charge in [0.05, 0.1) is 0 Å². The molecule has 11 heavy (non-hydrogen) atoms. The molecule has 1 rings (SSSR count). The zero-order valence-electron chi connectivity index (χ0n) is 5.34. The van der Waals surface area contributed by atoms with Crippen molar-refractivity contribution in [1.82, 2.24) is 4.57 Å². The highest BCUT2D eigenvalue weighted by Crippen LogP contribution is 1.93. The second-order valence-electron chi connectivity index (χ2n) is 1.66. The molecule has 0 radical (unpaired) electrons. The smallest absolute Gasteiger partial charge is 0.325 e. The monoisotopic (exact) mass is 175 g/mol. The third kappa shape index (κ3) is 2.17. The second-order valence-corrected chi connectivity index (χ2v) is 2.26. The van der Waals surface area contributed by atoms with E-state index in [0.717, 1.165) is 4.57 Å². The molecule has 0 saturated carbocycles. The van der Waals surface area contributed by atoms with Crippen LogP contribution in [0.2, 0.25) is 0 Å². The molecule has 0 aromatic carbocycles. The molecule has 0 amide bonds. The summed E-state index contributed by atoms with van der Waals surface area (Å²) in [6.07, 6.45) is 1.94. The summed E-state index contributed by atoms with van der Waals surface area (Å²) in [4.78, 5) is 10.7. The van der Waals surface area contributed by atoms with Crippen LogP contribution in [0.3, 0.4) is 0 Å². The van der Waals surface area contributed by atoms with Crippen LogP contribution in [0.15, 0.2) is 24.5 Å². The first-order chi connectivity index (χ1) is 5.20. The van der Waals surface area contributed by atoms with Gasteiger partial charge in [-0.15, -0.1) is 0 Å². The summed E-state index contributed by atoms with van der Waals surface area (Å²) in [5, 5.41) is 0. The number of aromatic nitrogens is 1. The first-order valence-corrected chi connectivity index (χ1v) is 3.70. The molecule has 0 aliphatic rings. The van der Waals surface area contributed by atoms with E-state index < -0.39 is 17.5 Å². The lowest BCUT2D eigenvalue weighted by Crippen LogP contribution is -2.12. The molecular formula is C5H5NO4S. The van der Waals surface area contributed by atoms with E-state index in [1.54, 1.807) is 12.1 Å². The lowest BCUT2D eigenvalue weighted by Gasteiger charge is -1.96. The van der Waals surface area contributed by atoms with Crippen LogP contribution in [0.5, 0.6) is 0 Å². The van der Waals surface area contributed by atoms with E-state index >= 15 is 0 Å². The van der Waals surface area contributed by atoms with Crippen LogP contribution in [0.25, 0.3) is 0 Å². The van der Waals surface area contributed by atoms with E-state index in [4.69, 9.17) is 4.55 Å². The molecule has 1 aromatic heterocycles. The molecule has 1 aromatic rings. The van der Waals surface area contributed by atoms with Gasteiger partial charge in [-0.25, -0.2) is 4.79 Å². The Labute approximate surface area is 65.1 Å². The van der Waals surface area contributed by atoms with Gasteiger partial charge in [0.25, 0.3) is 0 Å². The standard InChI is InChI=1S/C5H5NO4S/c7-5(10-11(8)9)6-3-1-2-4-6/h1-4H,(H,8,9). The van der Waals surface area contributed by atoms with E-state index in [2.05, 4.69) is 4.18 Å². The van der Waals surface area contributed by atoms with Gasteiger partial charge >= 0.3 is 17.5 Å². The molecule has 0 fully saturated rings. The summed E-state index contributed by atoms with van der Waals surface area (Å²) in [6, 6.07) is 3.20. The van der Waals surface area contributed by atoms with E-state index in [9.17, 15) is 9.00 Å². The molecule has 0 saturated heterocycles. The SMILES string of the molecule is O=C(OS(=O)O)n1cccc1. The lowest BCUT2D eigenvalue weighted by molar-refractivity contribution is 0.203. The molecule has 1 atom stereocenters. The molecule has 0 aliphatic heterocycles. The minimum absolute atomic E-state index is 0.879. The van der Waals surface area contributed by atoms with Crippen molar-refractivity contribution in [3.63, 3.8) is 0 Å². The second kappa shape index (κ2) is 3.31. The molecule has 0 spiro atoms. The summed E-state index contributed by atoms with van der Waals surface area (Å²) < 4.78 is 23.1. The largest absolute Gasteiger partial charge is 0.433 e. The van der Waals surface area contributed by atoms with E-state index in [1.165, 1.54) is 12.4 Å². The number of nitrogens with zero attached hydrogens (tertiary/aromatic N) is 1. The molecule has 6 heteroatoms. The van der Waals surface area contributed by atoms with Crippen molar-refractivity contribution < 1.29 is 17.7 Å². The third-order valence-corrected chi connectivity index (χ3v) is 1.24. The van der Waals surface area contributed by atoms with Crippen molar-refractivity contribution in [2.75, 3.05) is 0 Å². The minimum atomic E-state index is -2.55. The fraction of sp³-hybridized carbons (Fsp3) is 0. The van der Waals surface area contributed by atoms with Crippen molar-refractivity contribution in [3.05, 3.63) is 24.5 Å². The van der Waals surface area contributed by atoms with Gasteiger partial charge in [-0.1, -0.05) is 0 Å². The van der Waals surface area contributed by atoms with E-state index in [0.29, 0.717) is 0 Å². The van der Waals surface area contributed by atoms with Crippen LogP contribution in [-0.2, 0) is 15.5 Å². The molecule has 60 valence electrons. The Balaban J connectivity index is 2.64. The highest BCUT2D eigenvalue weighted by molar-refractivity contribution is 7.74. The Morgan fingerprint density at radius 3 is 2.45 bits per heavy atom. The quantitative estimate of drug-likeness (QED) is 0.635. The average Bonchev–Trinajstić information content (AvgIpc) is 2.35. The maximum absolute atomic E-state index is 10.7. The summed E-state index contributed by atoms with van der Waals surface area (Å²) in [5.74, 6) is 0. The molecule has 5 nitrogen and oxygen atoms in total. The van der Waals surface area contributed by atoms with Crippen LogP contribution in [0.1, 0.15) is 0 Å². The van der Waals surface area contributed by atoms with Crippen LogP contribution >= 0.6 is 0 Å². The maximum Gasteiger partial charge on any atom is 0.433 e. The number of rotatable bonds is 1. The Bertz CT molecular complexity index is 268. The average molecular weight is 175 g/mol. The summed E-state index contributed by atoms with van der Waals surface area (Å²) in [6.45, 7) is 0. The van der Waals surface area contributed by atoms with Crippen LogP contribution < -0.4 is 0 Å². The van der Waals surface area contributed by atoms with E-state index in [1.807, 2.05) is 0 Å². The molecule has 1 N–H and O–H groups in total. The Morgan fingerprint density at radius 2 is 2.00 bits per heavy atom. The van der Waals surface area contributed by atoms with Crippen molar-refractivity contribution in [3.8, 4) is 0 Å². The highest BCUT2D eigenvalue weighted by Gasteiger charge is 2.06. The van der Waals surface area contributed by atoms with Crippen LogP contribution in [0.4, 0.5) is 4.79 Å². The van der Waals surface area contributed by atoms with Gasteiger partial charge in [-0.05, 0) is 12.1 Å². The normalized spacial score (nSPS) is 12.5. The Kier molecular flexibility index (Phi) is 2.40. The maximum atomic E-state index is 10.7. The molecule has 1 unspecified atom stereocenters. The van der Waals surface area contributed by atoms with Gasteiger partial charge in [-0.3, -0.25) is 9.12 Å². The molecular weight excluding hydrogens is 170 g/mol. The summed E-state index contributed by atoms with van der Waals surface area (Å²) >= 11 is -2.55. The fourth-order valence-electron chi connectivity index (χ4n) is 0.560. The molecule has 0 aliphatic carbocycles. The number of carbonyl (C=O) groups is 1.